The molecule has 0 saturated heterocycles. The molecular formula is C11H12N4O2. The van der Waals surface area contributed by atoms with Gasteiger partial charge < -0.3 is 9.64 Å². The van der Waals surface area contributed by atoms with E-state index < -0.39 is 0 Å². The minimum atomic E-state index is -0.185. The summed E-state index contributed by atoms with van der Waals surface area (Å²) in [5.41, 5.74) is 10.1. The van der Waals surface area contributed by atoms with Gasteiger partial charge in [0.05, 0.1) is 12.8 Å². The molecule has 0 aromatic heterocycles. The summed E-state index contributed by atoms with van der Waals surface area (Å²) in [6, 6.07) is 5.59. The molecule has 0 radical (unpaired) electrons. The average Bonchev–Trinajstić information content (AvgIpc) is 2.79. The number of ether oxygens (including phenoxy) is 1. The van der Waals surface area contributed by atoms with Crippen molar-refractivity contribution in [3.05, 3.63) is 34.2 Å². The third-order valence-corrected chi connectivity index (χ3v) is 2.77. The molecule has 1 aromatic rings. The molecule has 1 amide bonds. The number of hydrogen-bond acceptors (Lipinski definition) is 3. The van der Waals surface area contributed by atoms with Crippen molar-refractivity contribution in [2.45, 2.75) is 6.42 Å². The highest BCUT2D eigenvalue weighted by molar-refractivity contribution is 5.97. The quantitative estimate of drug-likeness (QED) is 0.453. The van der Waals surface area contributed by atoms with Crippen LogP contribution in [0.25, 0.3) is 10.4 Å². The number of azide groups is 1. The lowest BCUT2D eigenvalue weighted by Crippen LogP contribution is -2.30. The lowest BCUT2D eigenvalue weighted by atomic mass is 10.1. The van der Waals surface area contributed by atoms with Crippen LogP contribution in [-0.2, 0) is 11.2 Å². The Bertz CT molecular complexity index is 494. The van der Waals surface area contributed by atoms with Crippen LogP contribution in [0.1, 0.15) is 5.56 Å². The fourth-order valence-electron chi connectivity index (χ4n) is 2.03. The summed E-state index contributed by atoms with van der Waals surface area (Å²) >= 11 is 0. The lowest BCUT2D eigenvalue weighted by molar-refractivity contribution is -0.117. The fourth-order valence-corrected chi connectivity index (χ4v) is 2.03. The minimum Gasteiger partial charge on any atom is -0.496 e. The van der Waals surface area contributed by atoms with E-state index in [4.69, 9.17) is 10.3 Å². The molecule has 0 fully saturated rings. The van der Waals surface area contributed by atoms with Gasteiger partial charge in [0.1, 0.15) is 12.3 Å². The topological polar surface area (TPSA) is 78.3 Å². The maximum atomic E-state index is 11.8. The van der Waals surface area contributed by atoms with Gasteiger partial charge in [0.25, 0.3) is 0 Å². The van der Waals surface area contributed by atoms with Crippen molar-refractivity contribution in [3.8, 4) is 5.75 Å². The fraction of sp³-hybridized carbons (Fsp3) is 0.364. The Labute approximate surface area is 98.4 Å². The molecular weight excluding hydrogens is 220 g/mol. The van der Waals surface area contributed by atoms with Gasteiger partial charge in [-0.05, 0) is 24.1 Å². The third kappa shape index (κ3) is 2.03. The third-order valence-electron chi connectivity index (χ3n) is 2.77. The van der Waals surface area contributed by atoms with E-state index in [9.17, 15) is 4.79 Å². The molecule has 1 aromatic carbocycles. The number of hydrogen-bond donors (Lipinski definition) is 0. The van der Waals surface area contributed by atoms with E-state index in [0.717, 1.165) is 23.4 Å². The Kier molecular flexibility index (Phi) is 3.16. The van der Waals surface area contributed by atoms with Gasteiger partial charge in [-0.2, -0.15) is 0 Å². The molecule has 88 valence electrons. The summed E-state index contributed by atoms with van der Waals surface area (Å²) in [4.78, 5) is 16.0. The Morgan fingerprint density at radius 3 is 3.18 bits per heavy atom. The molecule has 0 spiro atoms. The van der Waals surface area contributed by atoms with Crippen LogP contribution in [0.2, 0.25) is 0 Å². The van der Waals surface area contributed by atoms with E-state index in [1.165, 1.54) is 0 Å². The Morgan fingerprint density at radius 1 is 1.65 bits per heavy atom. The van der Waals surface area contributed by atoms with Crippen LogP contribution < -0.4 is 9.64 Å². The molecule has 0 aliphatic carbocycles. The minimum absolute atomic E-state index is 0.146. The van der Waals surface area contributed by atoms with Crippen molar-refractivity contribution in [2.24, 2.45) is 5.11 Å². The smallest absolute Gasteiger partial charge is 0.232 e. The van der Waals surface area contributed by atoms with E-state index >= 15 is 0 Å². The first-order valence-corrected chi connectivity index (χ1v) is 5.25. The van der Waals surface area contributed by atoms with Gasteiger partial charge in [0, 0.05) is 17.0 Å². The van der Waals surface area contributed by atoms with Crippen LogP contribution in [0.3, 0.4) is 0 Å². The van der Waals surface area contributed by atoms with E-state index in [1.807, 2.05) is 18.2 Å². The highest BCUT2D eigenvalue weighted by Gasteiger charge is 2.26. The van der Waals surface area contributed by atoms with Crippen molar-refractivity contribution in [2.75, 3.05) is 25.1 Å². The first-order valence-electron chi connectivity index (χ1n) is 5.25. The Hall–Kier alpha value is -2.20. The monoisotopic (exact) mass is 232 g/mol. The maximum absolute atomic E-state index is 11.8. The number of benzene rings is 1. The van der Waals surface area contributed by atoms with Crippen LogP contribution >= 0.6 is 0 Å². The predicted octanol–water partition coefficient (Wildman–Crippen LogP) is 1.89. The Morgan fingerprint density at radius 2 is 2.47 bits per heavy atom. The molecule has 1 aliphatic heterocycles. The first-order chi connectivity index (χ1) is 8.27. The molecule has 1 heterocycles. The largest absolute Gasteiger partial charge is 0.496 e. The molecule has 2 rings (SSSR count). The zero-order valence-corrected chi connectivity index (χ0v) is 9.46. The van der Waals surface area contributed by atoms with Crippen LogP contribution in [0.4, 0.5) is 5.69 Å². The number of nitrogens with zero attached hydrogens (tertiary/aromatic N) is 4. The number of methoxy groups -OCH3 is 1. The second-order valence-electron chi connectivity index (χ2n) is 3.64. The molecule has 1 aliphatic rings. The summed E-state index contributed by atoms with van der Waals surface area (Å²) in [7, 11) is 1.61. The number of amides is 1. The molecule has 0 atom stereocenters. The van der Waals surface area contributed by atoms with Crippen LogP contribution in [0, 0.1) is 0 Å². The Balaban J connectivity index is 2.28. The maximum Gasteiger partial charge on any atom is 0.232 e. The van der Waals surface area contributed by atoms with E-state index in [-0.39, 0.29) is 12.5 Å². The normalized spacial score (nSPS) is 12.9. The van der Waals surface area contributed by atoms with E-state index in [2.05, 4.69) is 10.0 Å². The van der Waals surface area contributed by atoms with Crippen molar-refractivity contribution < 1.29 is 9.53 Å². The van der Waals surface area contributed by atoms with Crippen LogP contribution in [-0.4, -0.2) is 26.1 Å². The predicted molar refractivity (Wildman–Crippen MR) is 63.1 cm³/mol. The molecule has 0 unspecified atom stereocenters. The van der Waals surface area contributed by atoms with Gasteiger partial charge in [0.15, 0.2) is 0 Å². The number of fused-ring (bicyclic) bond motifs is 1. The van der Waals surface area contributed by atoms with Gasteiger partial charge in [-0.25, -0.2) is 0 Å². The lowest BCUT2D eigenvalue weighted by Gasteiger charge is -2.16. The number of carbonyl (C=O) groups is 1. The zero-order chi connectivity index (χ0) is 12.3. The zero-order valence-electron chi connectivity index (χ0n) is 9.46. The van der Waals surface area contributed by atoms with Gasteiger partial charge in [-0.3, -0.25) is 4.79 Å². The first kappa shape index (κ1) is 11.3. The summed E-state index contributed by atoms with van der Waals surface area (Å²) in [5.74, 6) is 0.608. The molecule has 6 nitrogen and oxygen atoms in total. The van der Waals surface area contributed by atoms with E-state index in [0.29, 0.717) is 6.54 Å². The van der Waals surface area contributed by atoms with Crippen molar-refractivity contribution in [1.82, 2.24) is 0 Å². The average molecular weight is 232 g/mol. The highest BCUT2D eigenvalue weighted by atomic mass is 16.5. The highest BCUT2D eigenvalue weighted by Crippen LogP contribution is 2.34. The SMILES string of the molecule is COc1cccc2c1CCN2C(=O)CN=[N+]=[N-]. The standard InChI is InChI=1S/C11H12N4O2/c1-17-10-4-2-3-9-8(10)5-6-15(9)11(16)7-13-14-12/h2-4H,5-7H2,1H3. The summed E-state index contributed by atoms with van der Waals surface area (Å²) < 4.78 is 5.25. The van der Waals surface area contributed by atoms with Gasteiger partial charge in [0.2, 0.25) is 5.91 Å². The molecule has 0 saturated carbocycles. The number of anilines is 1. The molecule has 17 heavy (non-hydrogen) atoms. The summed E-state index contributed by atoms with van der Waals surface area (Å²) in [5, 5.41) is 3.29. The molecule has 0 N–H and O–H groups in total. The van der Waals surface area contributed by atoms with Crippen molar-refractivity contribution >= 4 is 11.6 Å². The molecule has 0 bridgehead atoms. The van der Waals surface area contributed by atoms with Gasteiger partial charge in [-0.1, -0.05) is 11.2 Å². The van der Waals surface area contributed by atoms with Crippen LogP contribution in [0.5, 0.6) is 5.75 Å². The van der Waals surface area contributed by atoms with Crippen molar-refractivity contribution in [1.29, 1.82) is 0 Å². The van der Waals surface area contributed by atoms with Crippen molar-refractivity contribution in [3.63, 3.8) is 0 Å². The van der Waals surface area contributed by atoms with E-state index in [1.54, 1.807) is 12.0 Å². The number of rotatable bonds is 3. The van der Waals surface area contributed by atoms with Gasteiger partial charge >= 0.3 is 0 Å². The van der Waals surface area contributed by atoms with Crippen LogP contribution in [0.15, 0.2) is 23.3 Å². The summed E-state index contributed by atoms with van der Waals surface area (Å²) in [6.45, 7) is 0.461. The number of carbonyl (C=O) groups excluding carboxylic acids is 1. The van der Waals surface area contributed by atoms with Gasteiger partial charge in [-0.15, -0.1) is 0 Å². The summed E-state index contributed by atoms with van der Waals surface area (Å²) in [6.07, 6.45) is 0.765. The second-order valence-corrected chi connectivity index (χ2v) is 3.64. The second kappa shape index (κ2) is 4.76. The molecule has 6 heteroatoms.